The number of nitriles is 1. The fourth-order valence-electron chi connectivity index (χ4n) is 2.21. The van der Waals surface area contributed by atoms with Crippen LogP contribution < -0.4 is 5.73 Å². The maximum Gasteiger partial charge on any atom is 0.260 e. The van der Waals surface area contributed by atoms with Gasteiger partial charge in [-0.1, -0.05) is 37.3 Å². The summed E-state index contributed by atoms with van der Waals surface area (Å²) < 4.78 is 0. The molecule has 1 amide bonds. The molecular weight excluding hydrogens is 294 g/mol. The quantitative estimate of drug-likeness (QED) is 0.655. The summed E-state index contributed by atoms with van der Waals surface area (Å²) in [6.07, 6.45) is 0. The van der Waals surface area contributed by atoms with Crippen LogP contribution in [0.25, 0.3) is 16.2 Å². The molecule has 0 atom stereocenters. The van der Waals surface area contributed by atoms with Gasteiger partial charge >= 0.3 is 0 Å². The van der Waals surface area contributed by atoms with E-state index in [0.29, 0.717) is 4.91 Å². The zero-order valence-corrected chi connectivity index (χ0v) is 13.3. The smallest absolute Gasteiger partial charge is 0.260 e. The number of aromatic nitrogens is 1. The van der Waals surface area contributed by atoms with Crippen molar-refractivity contribution >= 4 is 22.6 Å². The Balaban J connectivity index is 2.58. The zero-order valence-electron chi connectivity index (χ0n) is 12.5. The summed E-state index contributed by atoms with van der Waals surface area (Å²) in [5, 5.41) is 9.24. The van der Waals surface area contributed by atoms with Crippen LogP contribution in [0.3, 0.4) is 0 Å². The van der Waals surface area contributed by atoms with Crippen molar-refractivity contribution < 1.29 is 4.79 Å². The SMILES string of the molecule is CCS/C(=C(/C#N)C(N)=O)c1cc(-c2ccccc2)[nH]c1C. The number of nitrogens with two attached hydrogens (primary N) is 1. The van der Waals surface area contributed by atoms with E-state index in [1.54, 1.807) is 0 Å². The normalized spacial score (nSPS) is 11.7. The molecule has 0 unspecified atom stereocenters. The second kappa shape index (κ2) is 7.01. The van der Waals surface area contributed by atoms with Crippen molar-refractivity contribution in [3.63, 3.8) is 0 Å². The van der Waals surface area contributed by atoms with Crippen molar-refractivity contribution in [2.24, 2.45) is 5.73 Å². The fourth-order valence-corrected chi connectivity index (χ4v) is 3.16. The Morgan fingerprint density at radius 2 is 2.05 bits per heavy atom. The van der Waals surface area contributed by atoms with Crippen LogP contribution in [0.4, 0.5) is 0 Å². The van der Waals surface area contributed by atoms with E-state index in [2.05, 4.69) is 4.98 Å². The Kier molecular flexibility index (Phi) is 5.08. The Labute approximate surface area is 134 Å². The van der Waals surface area contributed by atoms with Gasteiger partial charge in [-0.25, -0.2) is 0 Å². The van der Waals surface area contributed by atoms with Crippen LogP contribution in [0.2, 0.25) is 0 Å². The maximum atomic E-state index is 11.5. The number of thioether (sulfide) groups is 1. The Hall–Kier alpha value is -2.45. The number of aromatic amines is 1. The summed E-state index contributed by atoms with van der Waals surface area (Å²) in [6, 6.07) is 13.8. The van der Waals surface area contributed by atoms with E-state index in [0.717, 1.165) is 28.3 Å². The highest BCUT2D eigenvalue weighted by atomic mass is 32.2. The van der Waals surface area contributed by atoms with Crippen molar-refractivity contribution in [3.05, 3.63) is 53.2 Å². The van der Waals surface area contributed by atoms with Crippen molar-refractivity contribution in [1.82, 2.24) is 4.98 Å². The highest BCUT2D eigenvalue weighted by Crippen LogP contribution is 2.35. The van der Waals surface area contributed by atoms with Gasteiger partial charge in [0.1, 0.15) is 11.6 Å². The summed E-state index contributed by atoms with van der Waals surface area (Å²) in [7, 11) is 0. The first-order valence-electron chi connectivity index (χ1n) is 6.90. The monoisotopic (exact) mass is 311 g/mol. The molecule has 1 heterocycles. The number of H-pyrrole nitrogens is 1. The van der Waals surface area contributed by atoms with Gasteiger partial charge in [-0.2, -0.15) is 5.26 Å². The van der Waals surface area contributed by atoms with Gasteiger partial charge in [0, 0.05) is 21.9 Å². The number of rotatable bonds is 5. The van der Waals surface area contributed by atoms with Gasteiger partial charge in [-0.15, -0.1) is 11.8 Å². The fraction of sp³-hybridized carbons (Fsp3) is 0.176. The molecule has 2 rings (SSSR count). The van der Waals surface area contributed by atoms with Crippen LogP contribution in [0.5, 0.6) is 0 Å². The molecule has 5 heteroatoms. The van der Waals surface area contributed by atoms with E-state index in [1.807, 2.05) is 56.3 Å². The summed E-state index contributed by atoms with van der Waals surface area (Å²) in [6.45, 7) is 3.90. The van der Waals surface area contributed by atoms with E-state index in [-0.39, 0.29) is 5.57 Å². The molecular formula is C17H17N3OS. The largest absolute Gasteiger partial charge is 0.365 e. The number of benzene rings is 1. The number of primary amides is 1. The Morgan fingerprint density at radius 3 is 2.59 bits per heavy atom. The van der Waals surface area contributed by atoms with Gasteiger partial charge in [0.2, 0.25) is 0 Å². The molecule has 4 nitrogen and oxygen atoms in total. The van der Waals surface area contributed by atoms with Gasteiger partial charge < -0.3 is 10.7 Å². The number of amides is 1. The van der Waals surface area contributed by atoms with E-state index in [4.69, 9.17) is 5.73 Å². The average Bonchev–Trinajstić information content (AvgIpc) is 2.89. The zero-order chi connectivity index (χ0) is 16.1. The predicted octanol–water partition coefficient (Wildman–Crippen LogP) is 3.46. The summed E-state index contributed by atoms with van der Waals surface area (Å²) in [5.41, 5.74) is 9.10. The molecule has 2 aromatic rings. The number of hydrogen-bond donors (Lipinski definition) is 2. The second-order valence-electron chi connectivity index (χ2n) is 4.70. The van der Waals surface area contributed by atoms with E-state index >= 15 is 0 Å². The van der Waals surface area contributed by atoms with Crippen LogP contribution in [-0.4, -0.2) is 16.6 Å². The average molecular weight is 311 g/mol. The Morgan fingerprint density at radius 1 is 1.36 bits per heavy atom. The van der Waals surface area contributed by atoms with Crippen molar-refractivity contribution in [1.29, 1.82) is 5.26 Å². The van der Waals surface area contributed by atoms with Gasteiger partial charge in [0.05, 0.1) is 0 Å². The second-order valence-corrected chi connectivity index (χ2v) is 5.98. The lowest BCUT2D eigenvalue weighted by Crippen LogP contribution is -2.14. The third-order valence-electron chi connectivity index (χ3n) is 3.22. The van der Waals surface area contributed by atoms with Gasteiger partial charge in [0.25, 0.3) is 5.91 Å². The van der Waals surface area contributed by atoms with Crippen LogP contribution in [0, 0.1) is 18.3 Å². The van der Waals surface area contributed by atoms with Gasteiger partial charge in [0.15, 0.2) is 0 Å². The molecule has 1 aromatic heterocycles. The van der Waals surface area contributed by atoms with Crippen molar-refractivity contribution in [2.45, 2.75) is 13.8 Å². The molecule has 0 fully saturated rings. The number of aryl methyl sites for hydroxylation is 1. The number of nitrogens with zero attached hydrogens (tertiary/aromatic N) is 1. The number of carbonyl (C=O) groups excluding carboxylic acids is 1. The van der Waals surface area contributed by atoms with Crippen molar-refractivity contribution in [3.8, 4) is 17.3 Å². The molecule has 1 aromatic carbocycles. The minimum atomic E-state index is -0.694. The summed E-state index contributed by atoms with van der Waals surface area (Å²) in [4.78, 5) is 15.5. The van der Waals surface area contributed by atoms with Crippen LogP contribution in [0.1, 0.15) is 18.2 Å². The molecule has 112 valence electrons. The highest BCUT2D eigenvalue weighted by molar-refractivity contribution is 8.08. The highest BCUT2D eigenvalue weighted by Gasteiger charge is 2.18. The first kappa shape index (κ1) is 15.9. The van der Waals surface area contributed by atoms with Crippen LogP contribution >= 0.6 is 11.8 Å². The molecule has 0 aliphatic rings. The lowest BCUT2D eigenvalue weighted by molar-refractivity contribution is -0.114. The lowest BCUT2D eigenvalue weighted by atomic mass is 10.1. The topological polar surface area (TPSA) is 82.7 Å². The lowest BCUT2D eigenvalue weighted by Gasteiger charge is -2.06. The predicted molar refractivity (Wildman–Crippen MR) is 90.8 cm³/mol. The minimum absolute atomic E-state index is 0.00793. The standard InChI is InChI=1S/C17H17N3OS/c1-3-22-16(14(10-18)17(19)21)13-9-15(20-11(13)2)12-7-5-4-6-8-12/h4-9,20H,3H2,1-2H3,(H2,19,21)/b16-14-. The molecule has 0 radical (unpaired) electrons. The van der Waals surface area contributed by atoms with Gasteiger partial charge in [-0.3, -0.25) is 4.79 Å². The molecule has 0 aliphatic heterocycles. The third kappa shape index (κ3) is 3.23. The number of carbonyl (C=O) groups is 1. The van der Waals surface area contributed by atoms with E-state index in [9.17, 15) is 10.1 Å². The van der Waals surface area contributed by atoms with Crippen molar-refractivity contribution in [2.75, 3.05) is 5.75 Å². The minimum Gasteiger partial charge on any atom is -0.365 e. The molecule has 0 spiro atoms. The molecule has 0 saturated carbocycles. The van der Waals surface area contributed by atoms with Crippen LogP contribution in [-0.2, 0) is 4.79 Å². The first-order valence-corrected chi connectivity index (χ1v) is 7.89. The summed E-state index contributed by atoms with van der Waals surface area (Å²) in [5.74, 6) is 0.0549. The van der Waals surface area contributed by atoms with Gasteiger partial charge in [-0.05, 0) is 24.3 Å². The Bertz CT molecular complexity index is 754. The van der Waals surface area contributed by atoms with Crippen LogP contribution in [0.15, 0.2) is 42.0 Å². The molecule has 22 heavy (non-hydrogen) atoms. The third-order valence-corrected chi connectivity index (χ3v) is 4.22. The van der Waals surface area contributed by atoms with E-state index in [1.165, 1.54) is 11.8 Å². The summed E-state index contributed by atoms with van der Waals surface area (Å²) >= 11 is 1.45. The molecule has 0 bridgehead atoms. The number of nitrogens with one attached hydrogen (secondary N) is 1. The first-order chi connectivity index (χ1) is 10.6. The molecule has 3 N–H and O–H groups in total. The number of hydrogen-bond acceptors (Lipinski definition) is 3. The molecule has 0 saturated heterocycles. The van der Waals surface area contributed by atoms with E-state index < -0.39 is 5.91 Å². The maximum absolute atomic E-state index is 11.5. The molecule has 0 aliphatic carbocycles.